The molecule has 0 fully saturated rings. The van der Waals surface area contributed by atoms with Crippen molar-refractivity contribution in [2.45, 2.75) is 38.5 Å². The van der Waals surface area contributed by atoms with Crippen molar-refractivity contribution in [3.63, 3.8) is 0 Å². The molecular weight excluding hydrogens is 462 g/mol. The average Bonchev–Trinajstić information content (AvgIpc) is 2.90. The number of anilines is 1. The van der Waals surface area contributed by atoms with Gasteiger partial charge in [0, 0.05) is 19.2 Å². The molecule has 0 unspecified atom stereocenters. The lowest BCUT2D eigenvalue weighted by atomic mass is 10.1. The van der Waals surface area contributed by atoms with Crippen molar-refractivity contribution >= 4 is 29.2 Å². The maximum atomic E-state index is 12.7. The van der Waals surface area contributed by atoms with Crippen molar-refractivity contribution in [1.82, 2.24) is 0 Å². The Labute approximate surface area is 212 Å². The van der Waals surface area contributed by atoms with Crippen molar-refractivity contribution in [1.29, 1.82) is 0 Å². The molecule has 3 aromatic carbocycles. The number of aryl methyl sites for hydroxylation is 2. The average molecular weight is 494 g/mol. The van der Waals surface area contributed by atoms with Crippen molar-refractivity contribution < 1.29 is 19.1 Å². The Balaban J connectivity index is 1.39. The van der Waals surface area contributed by atoms with Gasteiger partial charge in [-0.15, -0.1) is 0 Å². The third-order valence-corrected chi connectivity index (χ3v) is 6.22. The zero-order valence-corrected chi connectivity index (χ0v) is 21.1. The Morgan fingerprint density at radius 1 is 0.857 bits per heavy atom. The lowest BCUT2D eigenvalue weighted by molar-refractivity contribution is -0.118. The number of halogens is 1. The van der Waals surface area contributed by atoms with E-state index in [9.17, 15) is 9.59 Å². The first-order valence-corrected chi connectivity index (χ1v) is 12.3. The van der Waals surface area contributed by atoms with E-state index in [1.807, 2.05) is 30.3 Å². The Hall–Kier alpha value is -3.31. The molecule has 0 atom stereocenters. The van der Waals surface area contributed by atoms with Gasteiger partial charge in [-0.1, -0.05) is 54.1 Å². The molecule has 0 heterocycles. The number of methoxy groups -OCH3 is 1. The second kappa shape index (κ2) is 13.5. The first kappa shape index (κ1) is 26.3. The smallest absolute Gasteiger partial charge is 0.339 e. The summed E-state index contributed by atoms with van der Waals surface area (Å²) in [5, 5.41) is 0.288. The summed E-state index contributed by atoms with van der Waals surface area (Å²) in [7, 11) is 2.98. The van der Waals surface area contributed by atoms with Gasteiger partial charge in [0.2, 0.25) is 5.91 Å². The second-order valence-electron chi connectivity index (χ2n) is 8.40. The van der Waals surface area contributed by atoms with Gasteiger partial charge in [-0.2, -0.15) is 0 Å². The highest BCUT2D eigenvalue weighted by Gasteiger charge is 2.16. The third kappa shape index (κ3) is 8.15. The molecule has 0 saturated heterocycles. The fraction of sp³-hybridized carbons (Fsp3) is 0.310. The SMILES string of the molecule is COC(=O)c1cc(N(C)C(=O)CCc2ccc(OCCCCCc3ccccc3)cc2)ccc1Cl. The van der Waals surface area contributed by atoms with Gasteiger partial charge in [-0.3, -0.25) is 4.79 Å². The molecule has 3 rings (SSSR count). The summed E-state index contributed by atoms with van der Waals surface area (Å²) in [6, 6.07) is 23.3. The van der Waals surface area contributed by atoms with Crippen LogP contribution in [0, 0.1) is 0 Å². The predicted molar refractivity (Wildman–Crippen MR) is 140 cm³/mol. The number of hydrogen-bond acceptors (Lipinski definition) is 4. The van der Waals surface area contributed by atoms with Crippen molar-refractivity contribution in [3.05, 3.63) is 94.5 Å². The van der Waals surface area contributed by atoms with Crippen LogP contribution >= 0.6 is 11.6 Å². The molecule has 5 nitrogen and oxygen atoms in total. The normalized spacial score (nSPS) is 10.6. The Morgan fingerprint density at radius 2 is 1.57 bits per heavy atom. The molecule has 184 valence electrons. The first-order valence-electron chi connectivity index (χ1n) is 11.9. The highest BCUT2D eigenvalue weighted by Crippen LogP contribution is 2.24. The summed E-state index contributed by atoms with van der Waals surface area (Å²) in [6.07, 6.45) is 5.38. The molecule has 0 radical (unpaired) electrons. The lowest BCUT2D eigenvalue weighted by Crippen LogP contribution is -2.26. The van der Waals surface area contributed by atoms with E-state index in [2.05, 4.69) is 24.3 Å². The van der Waals surface area contributed by atoms with E-state index >= 15 is 0 Å². The highest BCUT2D eigenvalue weighted by atomic mass is 35.5. The standard InChI is InChI=1S/C29H32ClNO4/c1-31(24-15-18-27(30)26(21-24)29(33)34-2)28(32)19-14-23-12-16-25(17-13-23)35-20-8-4-7-11-22-9-5-3-6-10-22/h3,5-6,9-10,12-13,15-18,21H,4,7-8,11,14,19-20H2,1-2H3. The highest BCUT2D eigenvalue weighted by molar-refractivity contribution is 6.33. The monoisotopic (exact) mass is 493 g/mol. The molecule has 0 N–H and O–H groups in total. The summed E-state index contributed by atoms with van der Waals surface area (Å²) in [5.74, 6) is 0.253. The van der Waals surface area contributed by atoms with Crippen molar-refractivity contribution in [2.24, 2.45) is 0 Å². The molecular formula is C29H32ClNO4. The van der Waals surface area contributed by atoms with E-state index in [-0.39, 0.29) is 16.5 Å². The van der Waals surface area contributed by atoms with E-state index in [0.29, 0.717) is 25.1 Å². The maximum Gasteiger partial charge on any atom is 0.339 e. The van der Waals surface area contributed by atoms with Crippen LogP contribution in [0.5, 0.6) is 5.75 Å². The van der Waals surface area contributed by atoms with Gasteiger partial charge < -0.3 is 14.4 Å². The van der Waals surface area contributed by atoms with Crippen LogP contribution in [0.15, 0.2) is 72.8 Å². The van der Waals surface area contributed by atoms with Gasteiger partial charge in [0.15, 0.2) is 0 Å². The van der Waals surface area contributed by atoms with Gasteiger partial charge in [0.05, 0.1) is 24.3 Å². The number of benzene rings is 3. The van der Waals surface area contributed by atoms with Crippen LogP contribution in [0.4, 0.5) is 5.69 Å². The molecule has 0 aliphatic carbocycles. The minimum atomic E-state index is -0.535. The quantitative estimate of drug-likeness (QED) is 0.213. The van der Waals surface area contributed by atoms with E-state index in [1.54, 1.807) is 25.2 Å². The summed E-state index contributed by atoms with van der Waals surface area (Å²) < 4.78 is 10.6. The van der Waals surface area contributed by atoms with Crippen LogP contribution in [-0.2, 0) is 22.4 Å². The Kier molecular flexibility index (Phi) is 10.2. The van der Waals surface area contributed by atoms with E-state index in [4.69, 9.17) is 21.1 Å². The maximum absolute atomic E-state index is 12.7. The van der Waals surface area contributed by atoms with Gasteiger partial charge in [0.25, 0.3) is 0 Å². The van der Waals surface area contributed by atoms with Crippen LogP contribution in [0.25, 0.3) is 0 Å². The number of amides is 1. The number of hydrogen-bond donors (Lipinski definition) is 0. The lowest BCUT2D eigenvalue weighted by Gasteiger charge is -2.18. The minimum Gasteiger partial charge on any atom is -0.494 e. The van der Waals surface area contributed by atoms with Crippen molar-refractivity contribution in [3.8, 4) is 5.75 Å². The Bertz CT molecular complexity index is 1100. The third-order valence-electron chi connectivity index (χ3n) is 5.89. The molecule has 0 aliphatic heterocycles. The first-order chi connectivity index (χ1) is 17.0. The number of carbonyl (C=O) groups is 2. The number of nitrogens with zero attached hydrogens (tertiary/aromatic N) is 1. The molecule has 1 amide bonds. The van der Waals surface area contributed by atoms with Crippen LogP contribution in [0.3, 0.4) is 0 Å². The number of ether oxygens (including phenoxy) is 2. The van der Waals surface area contributed by atoms with Crippen LogP contribution in [0.1, 0.15) is 47.2 Å². The zero-order chi connectivity index (χ0) is 25.0. The fourth-order valence-corrected chi connectivity index (χ4v) is 3.94. The summed E-state index contributed by atoms with van der Waals surface area (Å²) in [6.45, 7) is 0.700. The molecule has 0 aromatic heterocycles. The van der Waals surface area contributed by atoms with Crippen LogP contribution in [0.2, 0.25) is 5.02 Å². The summed E-state index contributed by atoms with van der Waals surface area (Å²) in [4.78, 5) is 26.1. The molecule has 0 saturated carbocycles. The van der Waals surface area contributed by atoms with E-state index < -0.39 is 5.97 Å². The van der Waals surface area contributed by atoms with Gasteiger partial charge >= 0.3 is 5.97 Å². The number of carbonyl (C=O) groups excluding carboxylic acids is 2. The summed E-state index contributed by atoms with van der Waals surface area (Å²) in [5.41, 5.74) is 3.27. The molecule has 0 aliphatic rings. The number of unbranched alkanes of at least 4 members (excludes halogenated alkanes) is 2. The fourth-order valence-electron chi connectivity index (χ4n) is 3.75. The second-order valence-corrected chi connectivity index (χ2v) is 8.80. The molecule has 0 bridgehead atoms. The summed E-state index contributed by atoms with van der Waals surface area (Å²) >= 11 is 6.07. The minimum absolute atomic E-state index is 0.0565. The van der Waals surface area contributed by atoms with Crippen LogP contribution < -0.4 is 9.64 Å². The van der Waals surface area contributed by atoms with Gasteiger partial charge in [-0.25, -0.2) is 4.79 Å². The van der Waals surface area contributed by atoms with E-state index in [0.717, 1.165) is 37.0 Å². The van der Waals surface area contributed by atoms with E-state index in [1.165, 1.54) is 17.6 Å². The van der Waals surface area contributed by atoms with Crippen LogP contribution in [-0.4, -0.2) is 32.6 Å². The number of esters is 1. The zero-order valence-electron chi connectivity index (χ0n) is 20.3. The largest absolute Gasteiger partial charge is 0.494 e. The van der Waals surface area contributed by atoms with Gasteiger partial charge in [0.1, 0.15) is 5.75 Å². The predicted octanol–water partition coefficient (Wildman–Crippen LogP) is 6.51. The molecule has 0 spiro atoms. The molecule has 35 heavy (non-hydrogen) atoms. The van der Waals surface area contributed by atoms with Gasteiger partial charge in [-0.05, 0) is 73.6 Å². The molecule has 6 heteroatoms. The molecule has 3 aromatic rings. The Morgan fingerprint density at radius 3 is 2.29 bits per heavy atom. The topological polar surface area (TPSA) is 55.8 Å². The van der Waals surface area contributed by atoms with Crippen molar-refractivity contribution in [2.75, 3.05) is 25.7 Å². The number of rotatable bonds is 12.